The van der Waals surface area contributed by atoms with Gasteiger partial charge in [-0.2, -0.15) is 0 Å². The second-order valence-corrected chi connectivity index (χ2v) is 5.15. The topological polar surface area (TPSA) is 70.8 Å². The number of fused-ring (bicyclic) bond motifs is 2. The Balaban J connectivity index is 1.89. The van der Waals surface area contributed by atoms with Gasteiger partial charge in [-0.25, -0.2) is 9.78 Å². The van der Waals surface area contributed by atoms with Crippen molar-refractivity contribution in [3.05, 3.63) is 42.2 Å². The number of benzene rings is 1. The number of ether oxygens (including phenoxy) is 3. The minimum atomic E-state index is -0.372. The van der Waals surface area contributed by atoms with Crippen molar-refractivity contribution in [3.8, 4) is 11.5 Å². The summed E-state index contributed by atoms with van der Waals surface area (Å²) in [5.41, 5.74) is 1.72. The second-order valence-electron chi connectivity index (χ2n) is 5.15. The molecule has 0 saturated heterocycles. The van der Waals surface area contributed by atoms with Crippen molar-refractivity contribution >= 4 is 28.0 Å². The van der Waals surface area contributed by atoms with E-state index in [1.165, 1.54) is 7.11 Å². The Morgan fingerprint density at radius 2 is 2.08 bits per heavy atom. The number of nitrogens with zero attached hydrogens (tertiary/aromatic N) is 1. The fourth-order valence-corrected chi connectivity index (χ4v) is 2.43. The molecule has 0 aliphatic heterocycles. The maximum atomic E-state index is 11.3. The second kappa shape index (κ2) is 6.62. The average molecular weight is 327 g/mol. The molecule has 2 heterocycles. The molecule has 0 atom stereocenters. The fraction of sp³-hybridized carbons (Fsp3) is 0.222. The third kappa shape index (κ3) is 2.90. The molecule has 0 unspecified atom stereocenters. The largest absolute Gasteiger partial charge is 0.495 e. The number of aromatic nitrogens is 1. The van der Waals surface area contributed by atoms with E-state index in [2.05, 4.69) is 9.72 Å². The molecule has 3 rings (SSSR count). The summed E-state index contributed by atoms with van der Waals surface area (Å²) in [5, 5.41) is 1.70. The first kappa shape index (κ1) is 15.9. The summed E-state index contributed by atoms with van der Waals surface area (Å²) in [6.45, 7) is 1.93. The number of hydrogen-bond donors (Lipinski definition) is 0. The fourth-order valence-electron chi connectivity index (χ4n) is 2.43. The summed E-state index contributed by atoms with van der Waals surface area (Å²) in [5.74, 6) is 0.984. The molecule has 0 amide bonds. The molecular weight excluding hydrogens is 310 g/mol. The summed E-state index contributed by atoms with van der Waals surface area (Å²) in [6, 6.07) is 7.35. The van der Waals surface area contributed by atoms with Crippen LogP contribution in [-0.4, -0.2) is 31.8 Å². The number of rotatable bonds is 5. The Morgan fingerprint density at radius 1 is 1.25 bits per heavy atom. The summed E-state index contributed by atoms with van der Waals surface area (Å²) < 4.78 is 21.1. The van der Waals surface area contributed by atoms with Crippen molar-refractivity contribution in [2.75, 3.05) is 20.8 Å². The van der Waals surface area contributed by atoms with Crippen molar-refractivity contribution in [3.63, 3.8) is 0 Å². The first-order valence-electron chi connectivity index (χ1n) is 7.37. The van der Waals surface area contributed by atoms with E-state index in [1.54, 1.807) is 32.4 Å². The molecule has 6 nitrogen and oxygen atoms in total. The highest BCUT2D eigenvalue weighted by Gasteiger charge is 2.12. The predicted octanol–water partition coefficient (Wildman–Crippen LogP) is 3.49. The highest BCUT2D eigenvalue weighted by atomic mass is 16.5. The van der Waals surface area contributed by atoms with Crippen LogP contribution in [0, 0.1) is 0 Å². The van der Waals surface area contributed by atoms with E-state index in [1.807, 2.05) is 18.2 Å². The highest BCUT2D eigenvalue weighted by molar-refractivity contribution is 5.99. The van der Waals surface area contributed by atoms with Gasteiger partial charge < -0.3 is 18.6 Å². The van der Waals surface area contributed by atoms with E-state index in [0.29, 0.717) is 22.6 Å². The van der Waals surface area contributed by atoms with Crippen molar-refractivity contribution in [1.29, 1.82) is 0 Å². The first-order chi connectivity index (χ1) is 11.6. The molecule has 6 heteroatoms. The standard InChI is InChI=1S/C18H17NO5/c1-11(18(20)22-3)6-8-23-12-4-5-13-15(10-12)19-17-14(7-9-24-17)16(13)21-2/h4-7,9-10H,8H2,1-3H3/b11-6+. The van der Waals surface area contributed by atoms with E-state index >= 15 is 0 Å². The predicted molar refractivity (Wildman–Crippen MR) is 89.3 cm³/mol. The Labute approximate surface area is 138 Å². The monoisotopic (exact) mass is 327 g/mol. The Morgan fingerprint density at radius 3 is 2.83 bits per heavy atom. The van der Waals surface area contributed by atoms with Gasteiger partial charge in [-0.3, -0.25) is 0 Å². The van der Waals surface area contributed by atoms with E-state index in [0.717, 1.165) is 16.5 Å². The Kier molecular flexibility index (Phi) is 4.37. The van der Waals surface area contributed by atoms with E-state index in [-0.39, 0.29) is 12.6 Å². The zero-order chi connectivity index (χ0) is 17.1. The van der Waals surface area contributed by atoms with Crippen LogP contribution in [0.25, 0.3) is 22.0 Å². The smallest absolute Gasteiger partial charge is 0.333 e. The minimum Gasteiger partial charge on any atom is -0.495 e. The molecule has 2 aromatic heterocycles. The van der Waals surface area contributed by atoms with Crippen LogP contribution in [0.3, 0.4) is 0 Å². The van der Waals surface area contributed by atoms with Gasteiger partial charge in [-0.15, -0.1) is 0 Å². The molecule has 0 bridgehead atoms. The lowest BCUT2D eigenvalue weighted by Crippen LogP contribution is -2.04. The maximum Gasteiger partial charge on any atom is 0.333 e. The lowest BCUT2D eigenvalue weighted by Gasteiger charge is -2.09. The lowest BCUT2D eigenvalue weighted by molar-refractivity contribution is -0.136. The maximum absolute atomic E-state index is 11.3. The van der Waals surface area contributed by atoms with Gasteiger partial charge in [0.25, 0.3) is 0 Å². The highest BCUT2D eigenvalue weighted by Crippen LogP contribution is 2.34. The first-order valence-corrected chi connectivity index (χ1v) is 7.37. The quantitative estimate of drug-likeness (QED) is 0.528. The molecule has 1 aromatic carbocycles. The SMILES string of the molecule is COC(=O)/C(C)=C/COc1ccc2c(OC)c3ccoc3nc2c1. The molecule has 0 fully saturated rings. The van der Waals surface area contributed by atoms with Crippen LogP contribution in [0.4, 0.5) is 0 Å². The number of pyridine rings is 1. The minimum absolute atomic E-state index is 0.257. The van der Waals surface area contributed by atoms with E-state index < -0.39 is 0 Å². The number of carbonyl (C=O) groups is 1. The molecule has 0 saturated carbocycles. The van der Waals surface area contributed by atoms with Gasteiger partial charge in [0.1, 0.15) is 18.1 Å². The number of furan rings is 1. The molecule has 0 aliphatic carbocycles. The van der Waals surface area contributed by atoms with Gasteiger partial charge in [0.2, 0.25) is 5.71 Å². The lowest BCUT2D eigenvalue weighted by atomic mass is 10.1. The number of carbonyl (C=O) groups excluding carboxylic acids is 1. The van der Waals surface area contributed by atoms with Crippen LogP contribution in [0.5, 0.6) is 11.5 Å². The zero-order valence-corrected chi connectivity index (χ0v) is 13.7. The summed E-state index contributed by atoms with van der Waals surface area (Å²) in [7, 11) is 2.96. The number of hydrogen-bond acceptors (Lipinski definition) is 6. The molecular formula is C18H17NO5. The number of methoxy groups -OCH3 is 2. The van der Waals surface area contributed by atoms with Crippen LogP contribution in [-0.2, 0) is 9.53 Å². The van der Waals surface area contributed by atoms with Crippen LogP contribution in [0.1, 0.15) is 6.92 Å². The molecule has 124 valence electrons. The molecule has 3 aromatic rings. The van der Waals surface area contributed by atoms with Crippen LogP contribution < -0.4 is 9.47 Å². The summed E-state index contributed by atoms with van der Waals surface area (Å²) >= 11 is 0. The summed E-state index contributed by atoms with van der Waals surface area (Å²) in [6.07, 6.45) is 3.25. The van der Waals surface area contributed by atoms with Crippen LogP contribution in [0.2, 0.25) is 0 Å². The van der Waals surface area contributed by atoms with Crippen LogP contribution in [0.15, 0.2) is 46.6 Å². The van der Waals surface area contributed by atoms with Gasteiger partial charge in [0.05, 0.1) is 31.4 Å². The summed E-state index contributed by atoms with van der Waals surface area (Å²) in [4.78, 5) is 15.8. The average Bonchev–Trinajstić information content (AvgIpc) is 3.06. The third-order valence-electron chi connectivity index (χ3n) is 3.68. The van der Waals surface area contributed by atoms with Gasteiger partial charge >= 0.3 is 5.97 Å². The zero-order valence-electron chi connectivity index (χ0n) is 13.7. The molecule has 0 N–H and O–H groups in total. The van der Waals surface area contributed by atoms with Crippen LogP contribution >= 0.6 is 0 Å². The van der Waals surface area contributed by atoms with Crippen molar-refractivity contribution in [1.82, 2.24) is 4.98 Å². The normalized spacial score (nSPS) is 11.7. The molecule has 0 spiro atoms. The van der Waals surface area contributed by atoms with Gasteiger partial charge in [-0.1, -0.05) is 0 Å². The number of esters is 1. The molecule has 24 heavy (non-hydrogen) atoms. The van der Waals surface area contributed by atoms with Crippen molar-refractivity contribution in [2.45, 2.75) is 6.92 Å². The molecule has 0 aliphatic rings. The molecule has 0 radical (unpaired) electrons. The van der Waals surface area contributed by atoms with E-state index in [9.17, 15) is 4.79 Å². The Hall–Kier alpha value is -3.02. The van der Waals surface area contributed by atoms with Crippen molar-refractivity contribution in [2.24, 2.45) is 0 Å². The third-order valence-corrected chi connectivity index (χ3v) is 3.68. The van der Waals surface area contributed by atoms with E-state index in [4.69, 9.17) is 13.9 Å². The van der Waals surface area contributed by atoms with Crippen molar-refractivity contribution < 1.29 is 23.4 Å². The van der Waals surface area contributed by atoms with Gasteiger partial charge in [-0.05, 0) is 31.2 Å². The Bertz CT molecular complexity index is 926. The van der Waals surface area contributed by atoms with Gasteiger partial charge in [0.15, 0.2) is 0 Å². The van der Waals surface area contributed by atoms with Gasteiger partial charge in [0, 0.05) is 17.0 Å².